The van der Waals surface area contributed by atoms with E-state index in [0.29, 0.717) is 11.3 Å². The highest BCUT2D eigenvalue weighted by molar-refractivity contribution is 8.15. The summed E-state index contributed by atoms with van der Waals surface area (Å²) in [4.78, 5) is 42.2. The second-order valence-corrected chi connectivity index (χ2v) is 5.93. The van der Waals surface area contributed by atoms with Crippen molar-refractivity contribution in [3.05, 3.63) is 29.8 Å². The predicted molar refractivity (Wildman–Crippen MR) is 89.3 cm³/mol. The van der Waals surface area contributed by atoms with Crippen LogP contribution in [0.3, 0.4) is 0 Å². The zero-order valence-corrected chi connectivity index (χ0v) is 13.1. The number of aliphatic imine (C=N–C) groups is 2. The van der Waals surface area contributed by atoms with Crippen molar-refractivity contribution in [2.75, 3.05) is 5.32 Å². The number of hydrogen-bond donors (Lipinski definition) is 3. The molecule has 1 heterocycles. The maximum Gasteiger partial charge on any atom is 0.262 e. The zero-order valence-electron chi connectivity index (χ0n) is 12.3. The van der Waals surface area contributed by atoms with Crippen molar-refractivity contribution in [1.82, 2.24) is 0 Å². The van der Waals surface area contributed by atoms with Crippen molar-refractivity contribution >= 4 is 46.2 Å². The average Bonchev–Trinajstić information content (AvgIpc) is 2.78. The molecule has 2 rings (SSSR count). The molecule has 0 bridgehead atoms. The van der Waals surface area contributed by atoms with Crippen molar-refractivity contribution in [3.63, 3.8) is 0 Å². The lowest BCUT2D eigenvalue weighted by atomic mass is 10.1. The fraction of sp³-hybridized carbons (Fsp3) is 0.214. The van der Waals surface area contributed by atoms with Gasteiger partial charge in [0.1, 0.15) is 5.25 Å². The first kappa shape index (κ1) is 16.7. The SMILES string of the molecule is CC(=O)c1ccc(NC(=O)C[C@@H]2SC(N=C(N)N)=NC2=O)cc1. The first-order valence-corrected chi connectivity index (χ1v) is 7.53. The van der Waals surface area contributed by atoms with Crippen molar-refractivity contribution in [2.45, 2.75) is 18.6 Å². The number of benzene rings is 1. The Hall–Kier alpha value is -2.68. The van der Waals surface area contributed by atoms with Gasteiger partial charge in [0.05, 0.1) is 0 Å². The molecule has 0 radical (unpaired) electrons. The lowest BCUT2D eigenvalue weighted by Crippen LogP contribution is -2.23. The first-order valence-electron chi connectivity index (χ1n) is 6.65. The average molecular weight is 333 g/mol. The number of hydrogen-bond acceptors (Lipinski definition) is 5. The Kier molecular flexibility index (Phi) is 5.12. The van der Waals surface area contributed by atoms with Gasteiger partial charge in [-0.1, -0.05) is 11.8 Å². The zero-order chi connectivity index (χ0) is 17.0. The number of ketones is 1. The smallest absolute Gasteiger partial charge is 0.262 e. The monoisotopic (exact) mass is 333 g/mol. The second-order valence-electron chi connectivity index (χ2n) is 4.76. The molecule has 0 saturated heterocycles. The quantitative estimate of drug-likeness (QED) is 0.416. The highest BCUT2D eigenvalue weighted by Gasteiger charge is 2.30. The normalized spacial score (nSPS) is 16.7. The molecule has 1 atom stereocenters. The summed E-state index contributed by atoms with van der Waals surface area (Å²) < 4.78 is 0. The van der Waals surface area contributed by atoms with E-state index >= 15 is 0 Å². The van der Waals surface area contributed by atoms with Crippen molar-refractivity contribution in [1.29, 1.82) is 0 Å². The summed E-state index contributed by atoms with van der Waals surface area (Å²) >= 11 is 1.04. The number of nitrogens with two attached hydrogens (primary N) is 2. The summed E-state index contributed by atoms with van der Waals surface area (Å²) in [6.07, 6.45) is -0.0506. The molecule has 0 aliphatic carbocycles. The first-order chi connectivity index (χ1) is 10.8. The summed E-state index contributed by atoms with van der Waals surface area (Å²) in [5.41, 5.74) is 11.5. The van der Waals surface area contributed by atoms with E-state index in [9.17, 15) is 14.4 Å². The molecule has 1 aromatic carbocycles. The van der Waals surface area contributed by atoms with Crippen molar-refractivity contribution < 1.29 is 14.4 Å². The van der Waals surface area contributed by atoms with Gasteiger partial charge in [-0.2, -0.15) is 9.98 Å². The van der Waals surface area contributed by atoms with E-state index < -0.39 is 11.2 Å². The van der Waals surface area contributed by atoms with Crippen LogP contribution >= 0.6 is 11.8 Å². The van der Waals surface area contributed by atoms with Crippen LogP contribution in [0.1, 0.15) is 23.7 Å². The van der Waals surface area contributed by atoms with Gasteiger partial charge in [0.25, 0.3) is 5.91 Å². The molecule has 0 fully saturated rings. The van der Waals surface area contributed by atoms with Crippen LogP contribution in [0.25, 0.3) is 0 Å². The Labute approximate surface area is 136 Å². The molecule has 0 aromatic heterocycles. The summed E-state index contributed by atoms with van der Waals surface area (Å²) in [5.74, 6) is -1.04. The van der Waals surface area contributed by atoms with E-state index in [2.05, 4.69) is 15.3 Å². The summed E-state index contributed by atoms with van der Waals surface area (Å²) in [6, 6.07) is 6.49. The Morgan fingerprint density at radius 1 is 1.30 bits per heavy atom. The van der Waals surface area contributed by atoms with Crippen LogP contribution < -0.4 is 16.8 Å². The molecule has 0 spiro atoms. The number of rotatable bonds is 4. The van der Waals surface area contributed by atoms with Crippen LogP contribution in [0.4, 0.5) is 5.69 Å². The highest BCUT2D eigenvalue weighted by atomic mass is 32.2. The van der Waals surface area contributed by atoms with Crippen LogP contribution in [0, 0.1) is 0 Å². The van der Waals surface area contributed by atoms with Gasteiger partial charge < -0.3 is 16.8 Å². The molecule has 1 aliphatic heterocycles. The molecule has 1 aliphatic rings. The van der Waals surface area contributed by atoms with Crippen LogP contribution in [0.15, 0.2) is 34.3 Å². The number of thioether (sulfide) groups is 1. The van der Waals surface area contributed by atoms with Gasteiger partial charge in [0.15, 0.2) is 16.9 Å². The minimum Gasteiger partial charge on any atom is -0.370 e. The van der Waals surface area contributed by atoms with E-state index in [1.807, 2.05) is 0 Å². The van der Waals surface area contributed by atoms with Crippen LogP contribution in [-0.4, -0.2) is 34.0 Å². The van der Waals surface area contributed by atoms with Gasteiger partial charge in [-0.15, -0.1) is 0 Å². The maximum absolute atomic E-state index is 12.0. The number of amides is 2. The van der Waals surface area contributed by atoms with Gasteiger partial charge in [-0.05, 0) is 31.2 Å². The Morgan fingerprint density at radius 3 is 2.52 bits per heavy atom. The van der Waals surface area contributed by atoms with Crippen LogP contribution in [0.5, 0.6) is 0 Å². The summed E-state index contributed by atoms with van der Waals surface area (Å²) in [7, 11) is 0. The molecular formula is C14H15N5O3S. The standard InChI is InChI=1S/C14H15N5O3S/c1-7(20)8-2-4-9(5-3-8)17-11(21)6-10-12(22)18-14(23-10)19-13(15)16/h2-5,10H,6H2,1H3,(H,17,21)(H4,15,16,18,19,22)/t10-/m0/s1. The number of carbonyl (C=O) groups excluding carboxylic acids is 3. The van der Waals surface area contributed by atoms with E-state index in [-0.39, 0.29) is 29.2 Å². The molecule has 5 N–H and O–H groups in total. The third kappa shape index (κ3) is 4.65. The minimum atomic E-state index is -0.649. The predicted octanol–water partition coefficient (Wildman–Crippen LogP) is 0.489. The van der Waals surface area contributed by atoms with E-state index in [0.717, 1.165) is 11.8 Å². The molecular weight excluding hydrogens is 318 g/mol. The van der Waals surface area contributed by atoms with Crippen LogP contribution in [0.2, 0.25) is 0 Å². The molecule has 0 unspecified atom stereocenters. The summed E-state index contributed by atoms with van der Waals surface area (Å²) in [5, 5.41) is 2.16. The number of anilines is 1. The maximum atomic E-state index is 12.0. The number of nitrogens with one attached hydrogen (secondary N) is 1. The molecule has 1 aromatic rings. The number of nitrogens with zero attached hydrogens (tertiary/aromatic N) is 2. The van der Waals surface area contributed by atoms with Gasteiger partial charge in [0.2, 0.25) is 5.91 Å². The molecule has 0 saturated carbocycles. The molecule has 23 heavy (non-hydrogen) atoms. The fourth-order valence-corrected chi connectivity index (χ4v) is 2.77. The van der Waals surface area contributed by atoms with Crippen molar-refractivity contribution in [3.8, 4) is 0 Å². The molecule has 8 nitrogen and oxygen atoms in total. The number of guanidine groups is 1. The van der Waals surface area contributed by atoms with Gasteiger partial charge in [-0.25, -0.2) is 0 Å². The summed E-state index contributed by atoms with van der Waals surface area (Å²) in [6.45, 7) is 1.46. The van der Waals surface area contributed by atoms with Gasteiger partial charge in [0, 0.05) is 17.7 Å². The second kappa shape index (κ2) is 7.05. The minimum absolute atomic E-state index is 0.0506. The topological polar surface area (TPSA) is 140 Å². The fourth-order valence-electron chi connectivity index (χ4n) is 1.83. The van der Waals surface area contributed by atoms with Crippen LogP contribution in [-0.2, 0) is 9.59 Å². The lowest BCUT2D eigenvalue weighted by Gasteiger charge is -2.08. The van der Waals surface area contributed by atoms with E-state index in [4.69, 9.17) is 11.5 Å². The third-order valence-electron chi connectivity index (χ3n) is 2.90. The van der Waals surface area contributed by atoms with E-state index in [1.54, 1.807) is 24.3 Å². The molecule has 9 heteroatoms. The third-order valence-corrected chi connectivity index (χ3v) is 3.95. The van der Waals surface area contributed by atoms with Gasteiger partial charge >= 0.3 is 0 Å². The Morgan fingerprint density at radius 2 is 1.96 bits per heavy atom. The molecule has 120 valence electrons. The molecule has 2 amide bonds. The van der Waals surface area contributed by atoms with Crippen molar-refractivity contribution in [2.24, 2.45) is 21.5 Å². The Bertz CT molecular complexity index is 708. The van der Waals surface area contributed by atoms with E-state index in [1.165, 1.54) is 6.92 Å². The number of amidine groups is 1. The highest BCUT2D eigenvalue weighted by Crippen LogP contribution is 2.26. The van der Waals surface area contributed by atoms with Gasteiger partial charge in [-0.3, -0.25) is 14.4 Å². The largest absolute Gasteiger partial charge is 0.370 e. The Balaban J connectivity index is 1.92. The number of carbonyl (C=O) groups is 3. The lowest BCUT2D eigenvalue weighted by molar-refractivity contribution is -0.121. The number of Topliss-reactive ketones (excluding diaryl/α,β-unsaturated/α-hetero) is 1.